The monoisotopic (exact) mass is 458 g/mol. The smallest absolute Gasteiger partial charge is 0.237 e. The van der Waals surface area contributed by atoms with Gasteiger partial charge < -0.3 is 14.6 Å². The van der Waals surface area contributed by atoms with Crippen LogP contribution in [0.3, 0.4) is 0 Å². The van der Waals surface area contributed by atoms with Crippen LogP contribution in [-0.2, 0) is 11.3 Å². The minimum Gasteiger partial charge on any atom is -0.481 e. The second-order valence-electron chi connectivity index (χ2n) is 7.65. The van der Waals surface area contributed by atoms with Gasteiger partial charge in [-0.05, 0) is 44.0 Å². The number of aromatic nitrogens is 3. The van der Waals surface area contributed by atoms with Crippen molar-refractivity contribution in [3.05, 3.63) is 65.4 Å². The van der Waals surface area contributed by atoms with Gasteiger partial charge in [0.25, 0.3) is 0 Å². The molecule has 31 heavy (non-hydrogen) atoms. The van der Waals surface area contributed by atoms with E-state index in [2.05, 4.69) is 29.4 Å². The van der Waals surface area contributed by atoms with Crippen LogP contribution in [0, 0.1) is 5.92 Å². The molecule has 3 aromatic rings. The lowest BCUT2D eigenvalue weighted by molar-refractivity contribution is -0.115. The molecule has 0 aliphatic rings. The molecule has 2 aromatic carbocycles. The predicted molar refractivity (Wildman–Crippen MR) is 126 cm³/mol. The van der Waals surface area contributed by atoms with Crippen LogP contribution in [0.1, 0.15) is 39.6 Å². The molecule has 2 unspecified atom stereocenters. The maximum absolute atomic E-state index is 12.6. The van der Waals surface area contributed by atoms with Gasteiger partial charge in [0.2, 0.25) is 5.91 Å². The summed E-state index contributed by atoms with van der Waals surface area (Å²) in [4.78, 5) is 12.6. The standard InChI is InChI=1S/C23H27ClN4O2S/c1-15(2)14-28-21(16(3)30-20-13-9-8-12-19(20)24)26-27-23(28)31-17(4)22(29)25-18-10-6-5-7-11-18/h5-13,15-17H,14H2,1-4H3,(H,25,29). The molecular formula is C23H27ClN4O2S. The van der Waals surface area contributed by atoms with Crippen molar-refractivity contribution in [1.82, 2.24) is 14.8 Å². The number of amides is 1. The number of anilines is 1. The summed E-state index contributed by atoms with van der Waals surface area (Å²) in [5, 5.41) is 12.6. The molecule has 0 aliphatic heterocycles. The summed E-state index contributed by atoms with van der Waals surface area (Å²) in [6.45, 7) is 8.76. The molecule has 0 saturated carbocycles. The molecule has 1 N–H and O–H groups in total. The maximum Gasteiger partial charge on any atom is 0.237 e. The summed E-state index contributed by atoms with van der Waals surface area (Å²) in [5.41, 5.74) is 0.769. The van der Waals surface area contributed by atoms with E-state index in [9.17, 15) is 4.79 Å². The summed E-state index contributed by atoms with van der Waals surface area (Å²) in [7, 11) is 0. The molecule has 164 valence electrons. The molecule has 8 heteroatoms. The predicted octanol–water partition coefficient (Wildman–Crippen LogP) is 5.85. The Morgan fingerprint density at radius 1 is 1.06 bits per heavy atom. The van der Waals surface area contributed by atoms with Gasteiger partial charge in [-0.25, -0.2) is 0 Å². The highest BCUT2D eigenvalue weighted by Crippen LogP contribution is 2.31. The summed E-state index contributed by atoms with van der Waals surface area (Å²) < 4.78 is 8.09. The van der Waals surface area contributed by atoms with E-state index in [4.69, 9.17) is 16.3 Å². The van der Waals surface area contributed by atoms with Crippen molar-refractivity contribution in [3.63, 3.8) is 0 Å². The number of halogens is 1. The zero-order valence-electron chi connectivity index (χ0n) is 18.1. The number of nitrogens with zero attached hydrogens (tertiary/aromatic N) is 3. The Labute approximate surface area is 192 Å². The van der Waals surface area contributed by atoms with Gasteiger partial charge in [-0.1, -0.05) is 67.5 Å². The fourth-order valence-corrected chi connectivity index (χ4v) is 4.03. The Hall–Kier alpha value is -2.51. The van der Waals surface area contributed by atoms with Crippen LogP contribution in [0.2, 0.25) is 5.02 Å². The zero-order chi connectivity index (χ0) is 22.4. The van der Waals surface area contributed by atoms with Crippen molar-refractivity contribution in [3.8, 4) is 5.75 Å². The maximum atomic E-state index is 12.6. The average Bonchev–Trinajstić information content (AvgIpc) is 3.12. The van der Waals surface area contributed by atoms with Crippen LogP contribution in [0.15, 0.2) is 59.8 Å². The van der Waals surface area contributed by atoms with Crippen molar-refractivity contribution in [2.75, 3.05) is 5.32 Å². The van der Waals surface area contributed by atoms with Crippen molar-refractivity contribution in [2.45, 2.75) is 50.8 Å². The number of benzene rings is 2. The number of carbonyl (C=O) groups excluding carboxylic acids is 1. The van der Waals surface area contributed by atoms with Crippen molar-refractivity contribution in [1.29, 1.82) is 0 Å². The molecule has 0 aliphatic carbocycles. The van der Waals surface area contributed by atoms with Crippen LogP contribution >= 0.6 is 23.4 Å². The molecule has 2 atom stereocenters. The molecule has 3 rings (SSSR count). The van der Waals surface area contributed by atoms with Gasteiger partial charge in [-0.3, -0.25) is 4.79 Å². The van der Waals surface area contributed by atoms with E-state index in [1.807, 2.05) is 66.9 Å². The molecule has 0 bridgehead atoms. The summed E-state index contributed by atoms with van der Waals surface area (Å²) in [6.07, 6.45) is -0.353. The van der Waals surface area contributed by atoms with Gasteiger partial charge >= 0.3 is 0 Å². The minimum atomic E-state index is -0.353. The summed E-state index contributed by atoms with van der Waals surface area (Å²) in [5.74, 6) is 1.58. The number of carbonyl (C=O) groups is 1. The Kier molecular flexibility index (Phi) is 7.98. The first-order valence-corrected chi connectivity index (χ1v) is 11.5. The van der Waals surface area contributed by atoms with Crippen molar-refractivity contribution < 1.29 is 9.53 Å². The fourth-order valence-electron chi connectivity index (χ4n) is 2.99. The second-order valence-corrected chi connectivity index (χ2v) is 9.37. The first-order chi connectivity index (χ1) is 14.8. The van der Waals surface area contributed by atoms with Crippen molar-refractivity contribution >= 4 is 35.0 Å². The van der Waals surface area contributed by atoms with E-state index in [1.54, 1.807) is 6.07 Å². The molecule has 1 amide bonds. The lowest BCUT2D eigenvalue weighted by Gasteiger charge is -2.19. The third kappa shape index (κ3) is 6.24. The highest BCUT2D eigenvalue weighted by Gasteiger charge is 2.24. The first kappa shape index (κ1) is 23.2. The number of hydrogen-bond donors (Lipinski definition) is 1. The molecule has 0 radical (unpaired) electrons. The molecule has 0 fully saturated rings. The number of para-hydroxylation sites is 2. The Morgan fingerprint density at radius 3 is 2.42 bits per heavy atom. The fraction of sp³-hybridized carbons (Fsp3) is 0.348. The molecule has 6 nitrogen and oxygen atoms in total. The molecule has 0 saturated heterocycles. The van der Waals surface area contributed by atoms with Crippen molar-refractivity contribution in [2.24, 2.45) is 5.92 Å². The number of hydrogen-bond acceptors (Lipinski definition) is 5. The highest BCUT2D eigenvalue weighted by molar-refractivity contribution is 8.00. The van der Waals surface area contributed by atoms with E-state index in [1.165, 1.54) is 11.8 Å². The lowest BCUT2D eigenvalue weighted by Crippen LogP contribution is -2.23. The molecule has 0 spiro atoms. The number of ether oxygens (including phenoxy) is 1. The number of rotatable bonds is 9. The van der Waals surface area contributed by atoms with Crippen LogP contribution < -0.4 is 10.1 Å². The lowest BCUT2D eigenvalue weighted by atomic mass is 10.2. The van der Waals surface area contributed by atoms with Gasteiger partial charge in [0, 0.05) is 12.2 Å². The Bertz CT molecular complexity index is 1010. The van der Waals surface area contributed by atoms with E-state index >= 15 is 0 Å². The first-order valence-electron chi connectivity index (χ1n) is 10.2. The molecule has 1 aromatic heterocycles. The van der Waals surface area contributed by atoms with Crippen LogP contribution in [-0.4, -0.2) is 25.9 Å². The minimum absolute atomic E-state index is 0.0859. The van der Waals surface area contributed by atoms with E-state index in [0.717, 1.165) is 5.69 Å². The summed E-state index contributed by atoms with van der Waals surface area (Å²) >= 11 is 7.62. The Morgan fingerprint density at radius 2 is 1.74 bits per heavy atom. The quantitative estimate of drug-likeness (QED) is 0.407. The van der Waals surface area contributed by atoms with Gasteiger partial charge in [0.1, 0.15) is 5.75 Å². The number of thioether (sulfide) groups is 1. The molecule has 1 heterocycles. The van der Waals surface area contributed by atoms with Gasteiger partial charge in [-0.15, -0.1) is 10.2 Å². The Balaban J connectivity index is 1.76. The largest absolute Gasteiger partial charge is 0.481 e. The van der Waals surface area contributed by atoms with E-state index in [-0.39, 0.29) is 17.3 Å². The SMILES string of the molecule is CC(C)Cn1c(SC(C)C(=O)Nc2ccccc2)nnc1C(C)Oc1ccccc1Cl. The number of nitrogens with one attached hydrogen (secondary N) is 1. The zero-order valence-corrected chi connectivity index (χ0v) is 19.7. The topological polar surface area (TPSA) is 69.0 Å². The molecular weight excluding hydrogens is 432 g/mol. The van der Waals surface area contributed by atoms with E-state index < -0.39 is 0 Å². The second kappa shape index (κ2) is 10.7. The van der Waals surface area contributed by atoms with Gasteiger partial charge in [-0.2, -0.15) is 0 Å². The van der Waals surface area contributed by atoms with Crippen LogP contribution in [0.5, 0.6) is 5.75 Å². The van der Waals surface area contributed by atoms with E-state index in [0.29, 0.717) is 34.2 Å². The third-order valence-corrected chi connectivity index (χ3v) is 5.88. The normalized spacial score (nSPS) is 13.1. The van der Waals surface area contributed by atoms with Crippen LogP contribution in [0.4, 0.5) is 5.69 Å². The third-order valence-electron chi connectivity index (χ3n) is 4.49. The summed E-state index contributed by atoms with van der Waals surface area (Å²) in [6, 6.07) is 16.8. The van der Waals surface area contributed by atoms with Crippen LogP contribution in [0.25, 0.3) is 0 Å². The van der Waals surface area contributed by atoms with Gasteiger partial charge in [0.05, 0.1) is 10.3 Å². The average molecular weight is 459 g/mol. The van der Waals surface area contributed by atoms with Gasteiger partial charge in [0.15, 0.2) is 17.1 Å². The highest BCUT2D eigenvalue weighted by atomic mass is 35.5.